The van der Waals surface area contributed by atoms with Gasteiger partial charge in [0.25, 0.3) is 0 Å². The second kappa shape index (κ2) is 8.64. The fourth-order valence-electron chi connectivity index (χ4n) is 1.86. The molecular weight excluding hydrogens is 308 g/mol. The number of carbonyl (C=O) groups is 2. The number of aliphatic hydroxyl groups is 1. The van der Waals surface area contributed by atoms with Crippen molar-refractivity contribution in [1.29, 1.82) is 0 Å². The third kappa shape index (κ3) is 5.07. The molecule has 2 aromatic rings. The Bertz CT molecular complexity index is 707. The van der Waals surface area contributed by atoms with Crippen molar-refractivity contribution < 1.29 is 24.2 Å². The van der Waals surface area contributed by atoms with Gasteiger partial charge in [0.2, 0.25) is 0 Å². The lowest BCUT2D eigenvalue weighted by atomic mass is 10.1. The lowest BCUT2D eigenvalue weighted by Crippen LogP contribution is -2.16. The topological polar surface area (TPSA) is 72.8 Å². The second-order valence-corrected chi connectivity index (χ2v) is 5.03. The quantitative estimate of drug-likeness (QED) is 0.502. The van der Waals surface area contributed by atoms with Crippen molar-refractivity contribution in [3.05, 3.63) is 77.9 Å². The van der Waals surface area contributed by atoms with Gasteiger partial charge in [-0.05, 0) is 30.7 Å². The lowest BCUT2D eigenvalue weighted by molar-refractivity contribution is -0.152. The second-order valence-electron chi connectivity index (χ2n) is 5.03. The maximum absolute atomic E-state index is 11.9. The van der Waals surface area contributed by atoms with Gasteiger partial charge in [-0.15, -0.1) is 0 Å². The van der Waals surface area contributed by atoms with E-state index in [9.17, 15) is 14.7 Å². The molecule has 1 N–H and O–H groups in total. The molecule has 0 fully saturated rings. The summed E-state index contributed by atoms with van der Waals surface area (Å²) in [6.45, 7) is 1.44. The number of esters is 2. The summed E-state index contributed by atoms with van der Waals surface area (Å²) in [7, 11) is 0. The molecule has 0 unspecified atom stereocenters. The van der Waals surface area contributed by atoms with Gasteiger partial charge in [-0.3, -0.25) is 0 Å². The van der Waals surface area contributed by atoms with Gasteiger partial charge in [-0.25, -0.2) is 9.59 Å². The number of aliphatic hydroxyl groups excluding tert-OH is 1. The first-order chi connectivity index (χ1) is 11.6. The zero-order valence-electron chi connectivity index (χ0n) is 13.2. The number of rotatable bonds is 6. The van der Waals surface area contributed by atoms with Crippen molar-refractivity contribution in [3.8, 4) is 5.75 Å². The maximum atomic E-state index is 11.9. The molecule has 2 rings (SSSR count). The summed E-state index contributed by atoms with van der Waals surface area (Å²) >= 11 is 0. The summed E-state index contributed by atoms with van der Waals surface area (Å²) in [5.41, 5.74) is 0.757. The van der Waals surface area contributed by atoms with E-state index in [1.165, 1.54) is 6.08 Å². The SMILES string of the molecule is CC(=CCOC(=O)[C@H](O)c1ccccc1)C(=O)Oc1ccccc1. The Balaban J connectivity index is 1.84. The molecule has 0 saturated carbocycles. The first kappa shape index (κ1) is 17.4. The molecule has 0 radical (unpaired) electrons. The van der Waals surface area contributed by atoms with Gasteiger partial charge in [-0.2, -0.15) is 0 Å². The highest BCUT2D eigenvalue weighted by Crippen LogP contribution is 2.14. The molecule has 0 spiro atoms. The van der Waals surface area contributed by atoms with Crippen LogP contribution in [0.2, 0.25) is 0 Å². The Morgan fingerprint density at radius 3 is 2.25 bits per heavy atom. The molecule has 5 nitrogen and oxygen atoms in total. The lowest BCUT2D eigenvalue weighted by Gasteiger charge is -2.10. The Morgan fingerprint density at radius 2 is 1.62 bits per heavy atom. The Kier molecular flexibility index (Phi) is 6.28. The Morgan fingerprint density at radius 1 is 1.04 bits per heavy atom. The normalized spacial score (nSPS) is 12.3. The van der Waals surface area contributed by atoms with E-state index in [1.54, 1.807) is 61.5 Å². The molecule has 5 heteroatoms. The molecule has 0 aliphatic carbocycles. The van der Waals surface area contributed by atoms with Gasteiger partial charge in [0.15, 0.2) is 6.10 Å². The van der Waals surface area contributed by atoms with Gasteiger partial charge in [-0.1, -0.05) is 48.5 Å². The molecular formula is C19H18O5. The third-order valence-corrected chi connectivity index (χ3v) is 3.23. The minimum atomic E-state index is -1.35. The van der Waals surface area contributed by atoms with E-state index in [0.29, 0.717) is 16.9 Å². The molecule has 24 heavy (non-hydrogen) atoms. The van der Waals surface area contributed by atoms with Crippen LogP contribution in [0.3, 0.4) is 0 Å². The zero-order valence-corrected chi connectivity index (χ0v) is 13.2. The van der Waals surface area contributed by atoms with Crippen molar-refractivity contribution in [1.82, 2.24) is 0 Å². The number of para-hydroxylation sites is 1. The molecule has 0 bridgehead atoms. The Labute approximate surface area is 140 Å². The van der Waals surface area contributed by atoms with Crippen LogP contribution in [-0.4, -0.2) is 23.7 Å². The van der Waals surface area contributed by atoms with E-state index in [-0.39, 0.29) is 6.61 Å². The van der Waals surface area contributed by atoms with Crippen LogP contribution in [-0.2, 0) is 14.3 Å². The number of hydrogen-bond donors (Lipinski definition) is 1. The monoisotopic (exact) mass is 326 g/mol. The average Bonchev–Trinajstić information content (AvgIpc) is 2.62. The van der Waals surface area contributed by atoms with Gasteiger partial charge in [0.1, 0.15) is 12.4 Å². The van der Waals surface area contributed by atoms with Crippen molar-refractivity contribution in [3.63, 3.8) is 0 Å². The first-order valence-corrected chi connectivity index (χ1v) is 7.41. The minimum absolute atomic E-state index is 0.127. The van der Waals surface area contributed by atoms with Crippen LogP contribution in [0.1, 0.15) is 18.6 Å². The van der Waals surface area contributed by atoms with Crippen LogP contribution in [0.25, 0.3) is 0 Å². The van der Waals surface area contributed by atoms with Crippen molar-refractivity contribution >= 4 is 11.9 Å². The van der Waals surface area contributed by atoms with Crippen LogP contribution >= 0.6 is 0 Å². The van der Waals surface area contributed by atoms with Crippen LogP contribution in [0, 0.1) is 0 Å². The summed E-state index contributed by atoms with van der Waals surface area (Å²) < 4.78 is 10.1. The standard InChI is InChI=1S/C19H18O5/c1-14(18(21)24-16-10-6-3-7-11-16)12-13-23-19(22)17(20)15-8-4-2-5-9-15/h2-12,17,20H,13H2,1H3/t17-/m1/s1. The van der Waals surface area contributed by atoms with Gasteiger partial charge >= 0.3 is 11.9 Å². The fourth-order valence-corrected chi connectivity index (χ4v) is 1.86. The number of carbonyl (C=O) groups excluding carboxylic acids is 2. The highest BCUT2D eigenvalue weighted by atomic mass is 16.5. The molecule has 0 heterocycles. The smallest absolute Gasteiger partial charge is 0.339 e. The predicted molar refractivity (Wildman–Crippen MR) is 88.2 cm³/mol. The van der Waals surface area contributed by atoms with Gasteiger partial charge < -0.3 is 14.6 Å². The van der Waals surface area contributed by atoms with Crippen LogP contribution in [0.4, 0.5) is 0 Å². The highest BCUT2D eigenvalue weighted by molar-refractivity contribution is 5.89. The van der Waals surface area contributed by atoms with E-state index < -0.39 is 18.0 Å². The van der Waals surface area contributed by atoms with Gasteiger partial charge in [0, 0.05) is 5.57 Å². The molecule has 0 aliphatic rings. The zero-order chi connectivity index (χ0) is 17.4. The van der Waals surface area contributed by atoms with Gasteiger partial charge in [0.05, 0.1) is 0 Å². The Hall–Kier alpha value is -2.92. The van der Waals surface area contributed by atoms with E-state index in [0.717, 1.165) is 0 Å². The number of hydrogen-bond acceptors (Lipinski definition) is 5. The third-order valence-electron chi connectivity index (χ3n) is 3.23. The number of ether oxygens (including phenoxy) is 2. The van der Waals surface area contributed by atoms with Crippen molar-refractivity contribution in [2.75, 3.05) is 6.61 Å². The summed E-state index contributed by atoms with van der Waals surface area (Å²) in [5, 5.41) is 9.87. The molecule has 0 aromatic heterocycles. The molecule has 0 saturated heterocycles. The van der Waals surface area contributed by atoms with Crippen LogP contribution in [0.5, 0.6) is 5.75 Å². The summed E-state index contributed by atoms with van der Waals surface area (Å²) in [6.07, 6.45) is 0.0807. The van der Waals surface area contributed by atoms with Crippen molar-refractivity contribution in [2.24, 2.45) is 0 Å². The fraction of sp³-hybridized carbons (Fsp3) is 0.158. The van der Waals surface area contributed by atoms with Crippen LogP contribution < -0.4 is 4.74 Å². The molecule has 0 aliphatic heterocycles. The summed E-state index contributed by atoms with van der Waals surface area (Å²) in [6, 6.07) is 17.1. The van der Waals surface area contributed by atoms with E-state index in [4.69, 9.17) is 9.47 Å². The molecule has 124 valence electrons. The summed E-state index contributed by atoms with van der Waals surface area (Å²) in [5.74, 6) is -0.866. The number of benzene rings is 2. The minimum Gasteiger partial charge on any atom is -0.459 e. The van der Waals surface area contributed by atoms with Crippen molar-refractivity contribution in [2.45, 2.75) is 13.0 Å². The summed E-state index contributed by atoms with van der Waals surface area (Å²) in [4.78, 5) is 23.6. The molecule has 1 atom stereocenters. The highest BCUT2D eigenvalue weighted by Gasteiger charge is 2.18. The molecule has 2 aromatic carbocycles. The van der Waals surface area contributed by atoms with Crippen LogP contribution in [0.15, 0.2) is 72.3 Å². The van der Waals surface area contributed by atoms with E-state index in [2.05, 4.69) is 0 Å². The molecule has 0 amide bonds. The predicted octanol–water partition coefficient (Wildman–Crippen LogP) is 2.82. The average molecular weight is 326 g/mol. The first-order valence-electron chi connectivity index (χ1n) is 7.41. The maximum Gasteiger partial charge on any atom is 0.339 e. The largest absolute Gasteiger partial charge is 0.459 e. The van der Waals surface area contributed by atoms with E-state index in [1.807, 2.05) is 6.07 Å². The van der Waals surface area contributed by atoms with E-state index >= 15 is 0 Å².